The van der Waals surface area contributed by atoms with Gasteiger partial charge in [0, 0.05) is 0 Å². The predicted octanol–water partition coefficient (Wildman–Crippen LogP) is 0.604. The molecule has 0 fully saturated rings. The molecule has 1 rings (SSSR count). The first-order valence-corrected chi connectivity index (χ1v) is 5.61. The summed E-state index contributed by atoms with van der Waals surface area (Å²) in [6, 6.07) is 6.63. The topological polar surface area (TPSA) is 99.6 Å². The molecule has 0 aliphatic rings. The average molecular weight is 217 g/mol. The molecule has 5 N–H and O–H groups in total. The van der Waals surface area contributed by atoms with Crippen LogP contribution in [0.3, 0.4) is 0 Å². The molecule has 0 unspecified atom stereocenters. The van der Waals surface area contributed by atoms with E-state index in [0.717, 1.165) is 0 Å². The van der Waals surface area contributed by atoms with Crippen LogP contribution in [-0.4, -0.2) is 7.11 Å². The average Bonchev–Trinajstić information content (AvgIpc) is 2.14. The summed E-state index contributed by atoms with van der Waals surface area (Å²) < 4.78 is 15.7. The minimum absolute atomic E-state index is 0.446. The van der Waals surface area contributed by atoms with Crippen molar-refractivity contribution in [3.63, 3.8) is 0 Å². The van der Waals surface area contributed by atoms with Crippen molar-refractivity contribution in [3.05, 3.63) is 24.3 Å². The van der Waals surface area contributed by atoms with E-state index in [-0.39, 0.29) is 0 Å². The van der Waals surface area contributed by atoms with Crippen LogP contribution in [0.5, 0.6) is 11.5 Å². The Kier molecular flexibility index (Phi) is 3.49. The fourth-order valence-electron chi connectivity index (χ4n) is 0.768. The second-order valence-electron chi connectivity index (χ2n) is 2.58. The summed E-state index contributed by atoms with van der Waals surface area (Å²) >= 11 is 0. The van der Waals surface area contributed by atoms with Crippen LogP contribution in [0.2, 0.25) is 0 Å². The lowest BCUT2D eigenvalue weighted by molar-refractivity contribution is 0.267. The van der Waals surface area contributed by atoms with Crippen LogP contribution in [0, 0.1) is 0 Å². The van der Waals surface area contributed by atoms with Crippen molar-refractivity contribution in [2.75, 3.05) is 7.11 Å². The molecule has 1 aromatic rings. The Balaban J connectivity index is 2.56. The van der Waals surface area contributed by atoms with Crippen molar-refractivity contribution in [2.45, 2.75) is 0 Å². The van der Waals surface area contributed by atoms with Gasteiger partial charge in [0.15, 0.2) is 0 Å². The fourth-order valence-corrected chi connectivity index (χ4v) is 1.02. The highest BCUT2D eigenvalue weighted by atomic mass is 31.2. The van der Waals surface area contributed by atoms with Gasteiger partial charge in [-0.3, -0.25) is 15.6 Å². The number of rotatable bonds is 4. The molecule has 78 valence electrons. The normalized spacial score (nSPS) is 11.1. The molecule has 0 atom stereocenters. The van der Waals surface area contributed by atoms with Gasteiger partial charge in [0.2, 0.25) is 0 Å². The van der Waals surface area contributed by atoms with Crippen LogP contribution in [0.1, 0.15) is 0 Å². The summed E-state index contributed by atoms with van der Waals surface area (Å²) in [5.41, 5.74) is 10.0. The van der Waals surface area contributed by atoms with Gasteiger partial charge in [0.05, 0.1) is 7.11 Å². The fraction of sp³-hybridized carbons (Fsp3) is 0.143. The quantitative estimate of drug-likeness (QED) is 0.504. The number of hydrogen-bond acceptors (Lipinski definition) is 3. The van der Waals surface area contributed by atoms with Gasteiger partial charge in [-0.15, -0.1) is 0 Å². The third-order valence-corrected chi connectivity index (χ3v) is 1.74. The van der Waals surface area contributed by atoms with E-state index in [0.29, 0.717) is 11.5 Å². The third kappa shape index (κ3) is 3.76. The molecule has 0 aliphatic carbocycles. The molecular formula is C7H12N3O3P. The van der Waals surface area contributed by atoms with Gasteiger partial charge in [-0.2, -0.15) is 0 Å². The van der Waals surface area contributed by atoms with Crippen LogP contribution < -0.4 is 25.8 Å². The van der Waals surface area contributed by atoms with Gasteiger partial charge in [-0.1, -0.05) is 5.25 Å². The number of nitrogens with one attached hydrogen (secondary N) is 1. The maximum absolute atomic E-state index is 10.8. The molecular weight excluding hydrogens is 205 g/mol. The van der Waals surface area contributed by atoms with Crippen molar-refractivity contribution >= 4 is 7.59 Å². The van der Waals surface area contributed by atoms with Crippen molar-refractivity contribution < 1.29 is 14.1 Å². The maximum Gasteiger partial charge on any atom is 0.305 e. The molecule has 1 aromatic carbocycles. The van der Waals surface area contributed by atoms with Crippen LogP contribution in [0.15, 0.2) is 24.3 Å². The molecule has 0 saturated heterocycles. The molecule has 6 nitrogen and oxygen atoms in total. The van der Waals surface area contributed by atoms with Gasteiger partial charge in [-0.25, -0.2) is 0 Å². The Bertz CT molecular complexity index is 335. The summed E-state index contributed by atoms with van der Waals surface area (Å²) in [4.78, 5) is 4.85. The monoisotopic (exact) mass is 217 g/mol. The van der Waals surface area contributed by atoms with E-state index in [1.165, 1.54) is 0 Å². The zero-order valence-corrected chi connectivity index (χ0v) is 8.53. The largest absolute Gasteiger partial charge is 0.497 e. The standard InChI is InChI=1S/C7H12N3O3P/c1-12-6-2-4-7(5-3-6)13-10-14(8,9)11/h2-5H,1H3,(H5,8,9,10,11). The predicted molar refractivity (Wildman–Crippen MR) is 52.7 cm³/mol. The first-order valence-electron chi connectivity index (χ1n) is 3.76. The number of benzene rings is 1. The van der Waals surface area contributed by atoms with E-state index in [2.05, 4.69) is 0 Å². The van der Waals surface area contributed by atoms with Crippen molar-refractivity contribution in [1.82, 2.24) is 5.25 Å². The minimum Gasteiger partial charge on any atom is -0.497 e. The van der Waals surface area contributed by atoms with Crippen molar-refractivity contribution in [2.24, 2.45) is 11.0 Å². The van der Waals surface area contributed by atoms with E-state index in [1.54, 1.807) is 31.4 Å². The maximum atomic E-state index is 10.8. The summed E-state index contributed by atoms with van der Waals surface area (Å²) in [6.45, 7) is 0. The number of methoxy groups -OCH3 is 1. The molecule has 0 aromatic heterocycles. The molecule has 0 saturated carbocycles. The minimum atomic E-state index is -3.35. The van der Waals surface area contributed by atoms with Gasteiger partial charge < -0.3 is 9.57 Å². The molecule has 14 heavy (non-hydrogen) atoms. The summed E-state index contributed by atoms with van der Waals surface area (Å²) in [5, 5.41) is 2.05. The van der Waals surface area contributed by atoms with E-state index in [1.807, 2.05) is 5.25 Å². The van der Waals surface area contributed by atoms with Crippen molar-refractivity contribution in [1.29, 1.82) is 0 Å². The first kappa shape index (κ1) is 11.0. The third-order valence-electron chi connectivity index (χ3n) is 1.37. The second-order valence-corrected chi connectivity index (χ2v) is 4.18. The SMILES string of the molecule is COc1ccc(ONP(N)(N)=O)cc1. The molecule has 0 aliphatic heterocycles. The summed E-state index contributed by atoms with van der Waals surface area (Å²) in [5.74, 6) is 1.14. The van der Waals surface area contributed by atoms with E-state index < -0.39 is 7.59 Å². The number of hydrogen-bond donors (Lipinski definition) is 3. The zero-order valence-electron chi connectivity index (χ0n) is 7.64. The smallest absolute Gasteiger partial charge is 0.305 e. The lowest BCUT2D eigenvalue weighted by Crippen LogP contribution is -2.25. The molecule has 0 bridgehead atoms. The summed E-state index contributed by atoms with van der Waals surface area (Å²) in [7, 11) is -1.80. The highest BCUT2D eigenvalue weighted by molar-refractivity contribution is 7.56. The Labute approximate surface area is 81.7 Å². The Hall–Kier alpha value is -1.07. The molecule has 0 radical (unpaired) electrons. The van der Waals surface area contributed by atoms with Crippen LogP contribution in [0.4, 0.5) is 0 Å². The van der Waals surface area contributed by atoms with Gasteiger partial charge in [0.25, 0.3) is 0 Å². The first-order chi connectivity index (χ1) is 6.51. The lowest BCUT2D eigenvalue weighted by atomic mass is 10.3. The Morgan fingerprint density at radius 3 is 2.14 bits per heavy atom. The molecule has 0 spiro atoms. The van der Waals surface area contributed by atoms with Gasteiger partial charge in [0.1, 0.15) is 11.5 Å². The molecule has 7 heteroatoms. The highest BCUT2D eigenvalue weighted by Gasteiger charge is 2.07. The molecule has 0 amide bonds. The van der Waals surface area contributed by atoms with E-state index in [4.69, 9.17) is 20.6 Å². The highest BCUT2D eigenvalue weighted by Crippen LogP contribution is 2.21. The van der Waals surface area contributed by atoms with Crippen molar-refractivity contribution in [3.8, 4) is 11.5 Å². The van der Waals surface area contributed by atoms with Crippen LogP contribution in [-0.2, 0) is 4.57 Å². The lowest BCUT2D eigenvalue weighted by Gasteiger charge is -2.09. The number of nitrogens with two attached hydrogens (primary N) is 2. The second kappa shape index (κ2) is 4.43. The molecule has 0 heterocycles. The van der Waals surface area contributed by atoms with Gasteiger partial charge >= 0.3 is 7.59 Å². The van der Waals surface area contributed by atoms with E-state index >= 15 is 0 Å². The van der Waals surface area contributed by atoms with E-state index in [9.17, 15) is 4.57 Å². The summed E-state index contributed by atoms with van der Waals surface area (Å²) in [6.07, 6.45) is 0. The number of ether oxygens (including phenoxy) is 1. The van der Waals surface area contributed by atoms with Crippen LogP contribution in [0.25, 0.3) is 0 Å². The Morgan fingerprint density at radius 2 is 1.71 bits per heavy atom. The van der Waals surface area contributed by atoms with Gasteiger partial charge in [-0.05, 0) is 24.3 Å². The zero-order chi connectivity index (χ0) is 10.6. The van der Waals surface area contributed by atoms with Crippen LogP contribution >= 0.6 is 7.59 Å². The Morgan fingerprint density at radius 1 is 1.21 bits per heavy atom.